The van der Waals surface area contributed by atoms with E-state index in [1.807, 2.05) is 18.2 Å². The molecule has 4 rings (SSSR count). The van der Waals surface area contributed by atoms with E-state index < -0.39 is 11.6 Å². The number of benzene rings is 2. The molecule has 2 N–H and O–H groups in total. The Bertz CT molecular complexity index is 971. The van der Waals surface area contributed by atoms with Crippen molar-refractivity contribution in [3.8, 4) is 5.69 Å². The smallest absolute Gasteiger partial charge is 0.319 e. The number of anilines is 1. The first-order valence-corrected chi connectivity index (χ1v) is 8.76. The lowest BCUT2D eigenvalue weighted by Gasteiger charge is -2.24. The topological polar surface area (TPSA) is 59.0 Å². The average Bonchev–Trinajstić information content (AvgIpc) is 3.07. The molecule has 2 amide bonds. The van der Waals surface area contributed by atoms with Gasteiger partial charge in [0.2, 0.25) is 0 Å². The van der Waals surface area contributed by atoms with Crippen molar-refractivity contribution in [3.05, 3.63) is 77.6 Å². The molecule has 0 bridgehead atoms. The van der Waals surface area contributed by atoms with E-state index in [1.165, 1.54) is 16.8 Å². The third-order valence-corrected chi connectivity index (χ3v) is 4.66. The molecule has 1 aliphatic rings. The largest absolute Gasteiger partial charge is 0.331 e. The van der Waals surface area contributed by atoms with Crippen LogP contribution in [0.1, 0.15) is 30.1 Å². The Morgan fingerprint density at radius 1 is 1.15 bits per heavy atom. The number of amides is 2. The van der Waals surface area contributed by atoms with Crippen LogP contribution < -0.4 is 10.6 Å². The van der Waals surface area contributed by atoms with E-state index >= 15 is 0 Å². The zero-order chi connectivity index (χ0) is 18.8. The Morgan fingerprint density at radius 3 is 2.74 bits per heavy atom. The quantitative estimate of drug-likeness (QED) is 0.722. The Kier molecular flexibility index (Phi) is 4.58. The Morgan fingerprint density at radius 2 is 1.96 bits per heavy atom. The van der Waals surface area contributed by atoms with E-state index in [-0.39, 0.29) is 17.8 Å². The van der Waals surface area contributed by atoms with E-state index in [4.69, 9.17) is 0 Å². The maximum atomic E-state index is 14.2. The van der Waals surface area contributed by atoms with Gasteiger partial charge in [-0.25, -0.2) is 18.3 Å². The third-order valence-electron chi connectivity index (χ3n) is 4.66. The highest BCUT2D eigenvalue weighted by atomic mass is 19.1. The monoisotopic (exact) mass is 368 g/mol. The molecule has 7 heteroatoms. The van der Waals surface area contributed by atoms with Gasteiger partial charge in [-0.2, -0.15) is 5.10 Å². The summed E-state index contributed by atoms with van der Waals surface area (Å²) in [7, 11) is 0. The molecular formula is C20H18F2N4O. The molecule has 5 nitrogen and oxygen atoms in total. The number of nitrogens with one attached hydrogen (secondary N) is 2. The van der Waals surface area contributed by atoms with Crippen molar-refractivity contribution in [1.29, 1.82) is 0 Å². The highest BCUT2D eigenvalue weighted by molar-refractivity contribution is 5.89. The molecule has 0 radical (unpaired) electrons. The van der Waals surface area contributed by atoms with Gasteiger partial charge in [0.25, 0.3) is 0 Å². The molecule has 2 aromatic carbocycles. The summed E-state index contributed by atoms with van der Waals surface area (Å²) in [6.07, 6.45) is 3.96. The number of halogens is 2. The molecule has 0 fully saturated rings. The van der Waals surface area contributed by atoms with Crippen molar-refractivity contribution in [1.82, 2.24) is 15.1 Å². The fraction of sp³-hybridized carbons (Fsp3) is 0.200. The molecule has 1 atom stereocenters. The predicted octanol–water partition coefficient (Wildman–Crippen LogP) is 4.35. The van der Waals surface area contributed by atoms with Crippen LogP contribution in [0.25, 0.3) is 5.69 Å². The molecule has 0 spiro atoms. The summed E-state index contributed by atoms with van der Waals surface area (Å²) in [5, 5.41) is 10.0. The maximum absolute atomic E-state index is 14.2. The number of aromatic nitrogens is 2. The zero-order valence-electron chi connectivity index (χ0n) is 14.5. The van der Waals surface area contributed by atoms with Gasteiger partial charge >= 0.3 is 6.03 Å². The van der Waals surface area contributed by atoms with Crippen LogP contribution in [0, 0.1) is 11.6 Å². The number of urea groups is 1. The van der Waals surface area contributed by atoms with Gasteiger partial charge in [-0.3, -0.25) is 0 Å². The van der Waals surface area contributed by atoms with Crippen LogP contribution in [0.2, 0.25) is 0 Å². The summed E-state index contributed by atoms with van der Waals surface area (Å²) in [6.45, 7) is 0. The minimum atomic E-state index is -0.669. The molecule has 27 heavy (non-hydrogen) atoms. The Labute approximate surface area is 155 Å². The molecule has 1 aliphatic carbocycles. The van der Waals surface area contributed by atoms with Gasteiger partial charge < -0.3 is 10.6 Å². The average molecular weight is 368 g/mol. The number of nitrogens with zero attached hydrogens (tertiary/aromatic N) is 2. The summed E-state index contributed by atoms with van der Waals surface area (Å²) < 4.78 is 28.8. The minimum absolute atomic E-state index is 0.201. The maximum Gasteiger partial charge on any atom is 0.319 e. The summed E-state index contributed by atoms with van der Waals surface area (Å²) >= 11 is 0. The first kappa shape index (κ1) is 17.2. The molecule has 0 saturated carbocycles. The first-order chi connectivity index (χ1) is 13.1. The van der Waals surface area contributed by atoms with Gasteiger partial charge in [0.15, 0.2) is 5.82 Å². The van der Waals surface area contributed by atoms with Crippen LogP contribution in [-0.2, 0) is 6.42 Å². The van der Waals surface area contributed by atoms with E-state index in [9.17, 15) is 13.6 Å². The normalized spacial score (nSPS) is 15.9. The Balaban J connectivity index is 1.56. The van der Waals surface area contributed by atoms with Crippen LogP contribution >= 0.6 is 0 Å². The lowest BCUT2D eigenvalue weighted by molar-refractivity contribution is 0.247. The van der Waals surface area contributed by atoms with Crippen molar-refractivity contribution < 1.29 is 13.6 Å². The van der Waals surface area contributed by atoms with E-state index in [0.717, 1.165) is 30.2 Å². The standard InChI is InChI=1S/C20H18F2N4O/c21-13-9-10-19(16(22)11-13)26-18-8-4-7-17(15(18)12-23-26)25-20(27)24-14-5-2-1-3-6-14/h1-3,5-6,9-12,17H,4,7-8H2,(H2,24,25,27)/t17-/m0/s1. The van der Waals surface area contributed by atoms with Crippen molar-refractivity contribution in [2.75, 3.05) is 5.32 Å². The number of carbonyl (C=O) groups is 1. The summed E-state index contributed by atoms with van der Waals surface area (Å²) in [5.41, 5.74) is 2.59. The van der Waals surface area contributed by atoms with E-state index in [2.05, 4.69) is 15.7 Å². The lowest BCUT2D eigenvalue weighted by Crippen LogP contribution is -2.34. The third kappa shape index (κ3) is 3.53. The number of fused-ring (bicyclic) bond motifs is 1. The van der Waals surface area contributed by atoms with Gasteiger partial charge in [0, 0.05) is 23.0 Å². The minimum Gasteiger partial charge on any atom is -0.331 e. The lowest BCUT2D eigenvalue weighted by atomic mass is 9.93. The highest BCUT2D eigenvalue weighted by Gasteiger charge is 2.26. The second kappa shape index (κ2) is 7.19. The van der Waals surface area contributed by atoms with Crippen LogP contribution in [0.15, 0.2) is 54.7 Å². The van der Waals surface area contributed by atoms with Crippen molar-refractivity contribution >= 4 is 11.7 Å². The molecule has 0 saturated heterocycles. The number of rotatable bonds is 3. The predicted molar refractivity (Wildman–Crippen MR) is 97.8 cm³/mol. The van der Waals surface area contributed by atoms with Gasteiger partial charge in [-0.15, -0.1) is 0 Å². The number of carbonyl (C=O) groups excluding carboxylic acids is 1. The molecule has 138 valence electrons. The van der Waals surface area contributed by atoms with Gasteiger partial charge in [0.1, 0.15) is 11.5 Å². The second-order valence-corrected chi connectivity index (χ2v) is 6.46. The van der Waals surface area contributed by atoms with Crippen LogP contribution in [-0.4, -0.2) is 15.8 Å². The van der Waals surface area contributed by atoms with Crippen LogP contribution in [0.3, 0.4) is 0 Å². The van der Waals surface area contributed by atoms with Gasteiger partial charge in [-0.1, -0.05) is 18.2 Å². The van der Waals surface area contributed by atoms with Crippen LogP contribution in [0.4, 0.5) is 19.3 Å². The zero-order valence-corrected chi connectivity index (χ0v) is 14.5. The SMILES string of the molecule is O=C(Nc1ccccc1)N[C@H]1CCCc2c1cnn2-c1ccc(F)cc1F. The van der Waals surface area contributed by atoms with Crippen molar-refractivity contribution in [2.24, 2.45) is 0 Å². The van der Waals surface area contributed by atoms with E-state index in [0.29, 0.717) is 12.1 Å². The fourth-order valence-corrected chi connectivity index (χ4v) is 3.41. The number of hydrogen-bond donors (Lipinski definition) is 2. The highest BCUT2D eigenvalue weighted by Crippen LogP contribution is 2.31. The van der Waals surface area contributed by atoms with E-state index in [1.54, 1.807) is 18.3 Å². The van der Waals surface area contributed by atoms with Gasteiger partial charge in [-0.05, 0) is 43.5 Å². The molecule has 0 aliphatic heterocycles. The molecule has 1 aromatic heterocycles. The van der Waals surface area contributed by atoms with Crippen molar-refractivity contribution in [3.63, 3.8) is 0 Å². The summed E-state index contributed by atoms with van der Waals surface area (Å²) in [5.74, 6) is -1.30. The fourth-order valence-electron chi connectivity index (χ4n) is 3.41. The molecule has 0 unspecified atom stereocenters. The number of para-hydroxylation sites is 1. The number of hydrogen-bond acceptors (Lipinski definition) is 2. The van der Waals surface area contributed by atoms with Gasteiger partial charge in [0.05, 0.1) is 12.2 Å². The molecular weight excluding hydrogens is 350 g/mol. The summed E-state index contributed by atoms with van der Waals surface area (Å²) in [6, 6.07) is 12.1. The van der Waals surface area contributed by atoms with Crippen molar-refractivity contribution in [2.45, 2.75) is 25.3 Å². The van der Waals surface area contributed by atoms with Crippen LogP contribution in [0.5, 0.6) is 0 Å². The molecule has 1 heterocycles. The first-order valence-electron chi connectivity index (χ1n) is 8.76. The Hall–Kier alpha value is -3.22. The molecule has 3 aromatic rings. The summed E-state index contributed by atoms with van der Waals surface area (Å²) in [4.78, 5) is 12.3. The second-order valence-electron chi connectivity index (χ2n) is 6.46.